The number of hydrogen-bond donors (Lipinski definition) is 0. The minimum atomic E-state index is 0.663. The molecule has 5 nitrogen and oxygen atoms in total. The Labute approximate surface area is 265 Å². The molecule has 0 amide bonds. The van der Waals surface area contributed by atoms with Crippen molar-refractivity contribution in [3.05, 3.63) is 164 Å². The monoisotopic (exact) mass is 589 g/mol. The lowest BCUT2D eigenvalue weighted by Gasteiger charge is -2.12. The van der Waals surface area contributed by atoms with Gasteiger partial charge >= 0.3 is 0 Å². The fourth-order valence-corrected chi connectivity index (χ4v) is 6.48. The average Bonchev–Trinajstić information content (AvgIpc) is 3.69. The number of para-hydroxylation sites is 5. The fourth-order valence-electron chi connectivity index (χ4n) is 6.48. The molecule has 0 aliphatic heterocycles. The summed E-state index contributed by atoms with van der Waals surface area (Å²) in [4.78, 5) is 15.7. The van der Waals surface area contributed by atoms with E-state index >= 15 is 0 Å². The summed E-state index contributed by atoms with van der Waals surface area (Å²) in [7, 11) is 0. The molecular formula is C41H27N5. The molecular weight excluding hydrogens is 562 g/mol. The van der Waals surface area contributed by atoms with Crippen LogP contribution < -0.4 is 0 Å². The van der Waals surface area contributed by atoms with Gasteiger partial charge in [-0.2, -0.15) is 0 Å². The van der Waals surface area contributed by atoms with Gasteiger partial charge in [-0.25, -0.2) is 15.0 Å². The molecule has 0 atom stereocenters. The third kappa shape index (κ3) is 4.21. The molecule has 0 aliphatic carbocycles. The third-order valence-electron chi connectivity index (χ3n) is 8.53. The van der Waals surface area contributed by atoms with Gasteiger partial charge in [0.2, 0.25) is 0 Å². The van der Waals surface area contributed by atoms with Crippen LogP contribution in [0.2, 0.25) is 0 Å². The molecule has 0 fully saturated rings. The maximum Gasteiger partial charge on any atom is 0.162 e. The summed E-state index contributed by atoms with van der Waals surface area (Å²) in [6.07, 6.45) is 0. The molecule has 0 spiro atoms. The van der Waals surface area contributed by atoms with Gasteiger partial charge in [0.15, 0.2) is 5.82 Å². The predicted octanol–water partition coefficient (Wildman–Crippen LogP) is 9.91. The van der Waals surface area contributed by atoms with Crippen molar-refractivity contribution in [2.75, 3.05) is 0 Å². The molecule has 0 aliphatic rings. The van der Waals surface area contributed by atoms with Crippen LogP contribution in [-0.2, 0) is 0 Å². The molecule has 3 heterocycles. The van der Waals surface area contributed by atoms with Crippen LogP contribution in [0.1, 0.15) is 0 Å². The third-order valence-corrected chi connectivity index (χ3v) is 8.53. The van der Waals surface area contributed by atoms with Gasteiger partial charge in [-0.15, -0.1) is 0 Å². The molecule has 9 rings (SSSR count). The van der Waals surface area contributed by atoms with Gasteiger partial charge in [0.25, 0.3) is 0 Å². The number of nitrogens with zero attached hydrogens (tertiary/aromatic N) is 5. The highest BCUT2D eigenvalue weighted by Gasteiger charge is 2.21. The zero-order valence-corrected chi connectivity index (χ0v) is 24.8. The van der Waals surface area contributed by atoms with Crippen LogP contribution in [0.3, 0.4) is 0 Å². The quantitative estimate of drug-likeness (QED) is 0.201. The standard InChI is InChI=1S/C41H27N5/c1-4-15-28(16-5-1)38-37-33-23-10-12-25-35(33)45(31-19-6-2-7-20-31)41(37)44-39(43-38)29-17-14-18-30(27-29)40-42-34-24-11-13-26-36(34)46(40)32-21-8-3-9-22-32/h1-27H. The van der Waals surface area contributed by atoms with Crippen LogP contribution in [0.5, 0.6) is 0 Å². The van der Waals surface area contributed by atoms with Crippen molar-refractivity contribution in [1.82, 2.24) is 24.1 Å². The summed E-state index contributed by atoms with van der Waals surface area (Å²) < 4.78 is 4.47. The topological polar surface area (TPSA) is 48.5 Å². The summed E-state index contributed by atoms with van der Waals surface area (Å²) in [5.74, 6) is 1.53. The van der Waals surface area contributed by atoms with E-state index in [0.29, 0.717) is 5.82 Å². The summed E-state index contributed by atoms with van der Waals surface area (Å²) in [6.45, 7) is 0. The van der Waals surface area contributed by atoms with E-state index in [2.05, 4.69) is 149 Å². The SMILES string of the molecule is c1ccc(-c2nc(-c3cccc(-c4nc5ccccc5n4-c4ccccc4)c3)nc3c2c2ccccc2n3-c2ccccc2)cc1. The van der Waals surface area contributed by atoms with Gasteiger partial charge < -0.3 is 0 Å². The lowest BCUT2D eigenvalue weighted by Crippen LogP contribution is -2.00. The van der Waals surface area contributed by atoms with E-state index in [4.69, 9.17) is 15.0 Å². The van der Waals surface area contributed by atoms with E-state index in [1.165, 1.54) is 0 Å². The van der Waals surface area contributed by atoms with E-state index in [0.717, 1.165) is 72.6 Å². The molecule has 0 bridgehead atoms. The van der Waals surface area contributed by atoms with Gasteiger partial charge in [-0.05, 0) is 48.5 Å². The van der Waals surface area contributed by atoms with E-state index in [1.54, 1.807) is 0 Å². The van der Waals surface area contributed by atoms with Gasteiger partial charge in [-0.3, -0.25) is 9.13 Å². The number of hydrogen-bond acceptors (Lipinski definition) is 3. The molecule has 3 aromatic heterocycles. The van der Waals surface area contributed by atoms with E-state index in [1.807, 2.05) is 24.3 Å². The zero-order chi connectivity index (χ0) is 30.5. The van der Waals surface area contributed by atoms with Crippen molar-refractivity contribution < 1.29 is 0 Å². The number of imidazole rings is 1. The highest BCUT2D eigenvalue weighted by molar-refractivity contribution is 6.14. The van der Waals surface area contributed by atoms with E-state index in [-0.39, 0.29) is 0 Å². The highest BCUT2D eigenvalue weighted by Crippen LogP contribution is 2.38. The number of rotatable bonds is 5. The Balaban J connectivity index is 1.32. The summed E-state index contributed by atoms with van der Waals surface area (Å²) in [5.41, 5.74) is 9.97. The first kappa shape index (κ1) is 26.1. The van der Waals surface area contributed by atoms with Gasteiger partial charge in [-0.1, -0.05) is 115 Å². The summed E-state index contributed by atoms with van der Waals surface area (Å²) in [5, 5.41) is 2.16. The minimum Gasteiger partial charge on any atom is -0.294 e. The average molecular weight is 590 g/mol. The Kier molecular flexibility index (Phi) is 6.06. The Hall–Kier alpha value is -6.33. The van der Waals surface area contributed by atoms with E-state index in [9.17, 15) is 0 Å². The molecule has 216 valence electrons. The minimum absolute atomic E-state index is 0.663. The number of aromatic nitrogens is 5. The molecule has 0 unspecified atom stereocenters. The van der Waals surface area contributed by atoms with Gasteiger partial charge in [0.1, 0.15) is 11.5 Å². The molecule has 0 N–H and O–H groups in total. The van der Waals surface area contributed by atoms with Crippen molar-refractivity contribution in [2.45, 2.75) is 0 Å². The normalized spacial score (nSPS) is 11.5. The number of fused-ring (bicyclic) bond motifs is 4. The predicted molar refractivity (Wildman–Crippen MR) is 187 cm³/mol. The van der Waals surface area contributed by atoms with Crippen LogP contribution in [0.15, 0.2) is 164 Å². The Morgan fingerprint density at radius 2 is 1.00 bits per heavy atom. The molecule has 0 radical (unpaired) electrons. The summed E-state index contributed by atoms with van der Waals surface area (Å²) >= 11 is 0. The molecule has 9 aromatic rings. The van der Waals surface area contributed by atoms with Crippen molar-refractivity contribution >= 4 is 33.0 Å². The van der Waals surface area contributed by atoms with Crippen molar-refractivity contribution in [3.8, 4) is 45.4 Å². The Bertz CT molecular complexity index is 2510. The number of benzene rings is 6. The first-order valence-corrected chi connectivity index (χ1v) is 15.4. The van der Waals surface area contributed by atoms with E-state index < -0.39 is 0 Å². The lowest BCUT2D eigenvalue weighted by atomic mass is 10.0. The van der Waals surface area contributed by atoms with Crippen LogP contribution >= 0.6 is 0 Å². The highest BCUT2D eigenvalue weighted by atomic mass is 15.1. The summed E-state index contributed by atoms with van der Waals surface area (Å²) in [6, 6.07) is 56.4. The first-order valence-electron chi connectivity index (χ1n) is 15.4. The van der Waals surface area contributed by atoms with Crippen LogP contribution in [0.25, 0.3) is 78.4 Å². The second-order valence-electron chi connectivity index (χ2n) is 11.3. The zero-order valence-electron chi connectivity index (χ0n) is 24.8. The maximum absolute atomic E-state index is 5.33. The smallest absolute Gasteiger partial charge is 0.162 e. The fraction of sp³-hybridized carbons (Fsp3) is 0. The van der Waals surface area contributed by atoms with Crippen LogP contribution in [0, 0.1) is 0 Å². The molecule has 46 heavy (non-hydrogen) atoms. The van der Waals surface area contributed by atoms with Crippen molar-refractivity contribution in [3.63, 3.8) is 0 Å². The van der Waals surface area contributed by atoms with Gasteiger partial charge in [0, 0.05) is 33.5 Å². The molecule has 5 heteroatoms. The van der Waals surface area contributed by atoms with Gasteiger partial charge in [0.05, 0.1) is 27.6 Å². The van der Waals surface area contributed by atoms with Crippen LogP contribution in [-0.4, -0.2) is 24.1 Å². The molecule has 0 saturated heterocycles. The van der Waals surface area contributed by atoms with Crippen LogP contribution in [0.4, 0.5) is 0 Å². The van der Waals surface area contributed by atoms with Crippen molar-refractivity contribution in [2.24, 2.45) is 0 Å². The van der Waals surface area contributed by atoms with Crippen molar-refractivity contribution in [1.29, 1.82) is 0 Å². The second kappa shape index (κ2) is 10.7. The molecule has 6 aromatic carbocycles. The Morgan fingerprint density at radius 1 is 0.413 bits per heavy atom. The largest absolute Gasteiger partial charge is 0.294 e. The maximum atomic E-state index is 5.33. The lowest BCUT2D eigenvalue weighted by molar-refractivity contribution is 1.10. The molecule has 0 saturated carbocycles. The second-order valence-corrected chi connectivity index (χ2v) is 11.3. The first-order chi connectivity index (χ1) is 22.8. The Morgan fingerprint density at radius 3 is 1.76 bits per heavy atom.